The maximum Gasteiger partial charge on any atom is 0.328 e. The number of nitrogens with two attached hydrogens (primary N) is 1. The number of nitrogens with zero attached hydrogens (tertiary/aromatic N) is 4. The largest absolute Gasteiger partial charge is 0.463 e. The highest BCUT2D eigenvalue weighted by atomic mass is 32.1. The van der Waals surface area contributed by atoms with Crippen LogP contribution in [0.5, 0.6) is 6.01 Å². The van der Waals surface area contributed by atoms with Crippen molar-refractivity contribution < 1.29 is 9.84 Å². The molecule has 0 atom stereocenters. The summed E-state index contributed by atoms with van der Waals surface area (Å²) >= 11 is 4.56. The van der Waals surface area contributed by atoms with Crippen molar-refractivity contribution in [2.75, 3.05) is 18.9 Å². The first kappa shape index (κ1) is 18.7. The number of aromatic amines is 1. The summed E-state index contributed by atoms with van der Waals surface area (Å²) in [4.78, 5) is 27.2. The standard InChI is InChI=1S/C17H18N6O3S/c18-14-13-15(22-16(21-14)26-7-1-6-24)23(17(25)20-13)9-12-4-2-11(3-5-12)8-19-10-27/h2-5,24H,1,6-9H2,(H,20,25)(H2,18,21,22). The first-order valence-electron chi connectivity index (χ1n) is 8.23. The molecule has 0 saturated carbocycles. The summed E-state index contributed by atoms with van der Waals surface area (Å²) in [6.45, 7) is 1.03. The van der Waals surface area contributed by atoms with E-state index in [9.17, 15) is 4.79 Å². The van der Waals surface area contributed by atoms with Crippen LogP contribution in [0, 0.1) is 0 Å². The summed E-state index contributed by atoms with van der Waals surface area (Å²) in [5.41, 5.74) is 8.20. The highest BCUT2D eigenvalue weighted by Gasteiger charge is 2.15. The Labute approximate surface area is 159 Å². The second-order valence-corrected chi connectivity index (χ2v) is 5.94. The molecular formula is C17H18N6O3S. The zero-order chi connectivity index (χ0) is 19.2. The predicted octanol–water partition coefficient (Wildman–Crippen LogP) is 1.11. The lowest BCUT2D eigenvalue weighted by Crippen LogP contribution is -2.17. The van der Waals surface area contributed by atoms with E-state index >= 15 is 0 Å². The Morgan fingerprint density at radius 2 is 2.04 bits per heavy atom. The van der Waals surface area contributed by atoms with Gasteiger partial charge in [-0.2, -0.15) is 9.97 Å². The van der Waals surface area contributed by atoms with Crippen molar-refractivity contribution in [3.8, 4) is 6.01 Å². The monoisotopic (exact) mass is 386 g/mol. The van der Waals surface area contributed by atoms with Gasteiger partial charge in [0, 0.05) is 13.0 Å². The summed E-state index contributed by atoms with van der Waals surface area (Å²) in [7, 11) is 0. The molecule has 0 unspecified atom stereocenters. The third kappa shape index (κ3) is 4.37. The lowest BCUT2D eigenvalue weighted by molar-refractivity contribution is 0.225. The third-order valence-electron chi connectivity index (χ3n) is 3.85. The van der Waals surface area contributed by atoms with Gasteiger partial charge in [-0.05, 0) is 23.3 Å². The Balaban J connectivity index is 1.90. The van der Waals surface area contributed by atoms with Crippen LogP contribution in [0.1, 0.15) is 17.5 Å². The van der Waals surface area contributed by atoms with Gasteiger partial charge in [0.2, 0.25) is 0 Å². The fourth-order valence-corrected chi connectivity index (χ4v) is 2.59. The number of thiocarbonyl (C=S) groups is 1. The molecule has 0 saturated heterocycles. The number of aliphatic imine (C=N–C) groups is 1. The first-order valence-corrected chi connectivity index (χ1v) is 8.64. The molecule has 0 radical (unpaired) electrons. The number of nitrogens with one attached hydrogen (secondary N) is 1. The van der Waals surface area contributed by atoms with Crippen LogP contribution in [0.3, 0.4) is 0 Å². The van der Waals surface area contributed by atoms with Gasteiger partial charge in [-0.3, -0.25) is 4.57 Å². The number of isothiocyanates is 1. The molecule has 27 heavy (non-hydrogen) atoms. The summed E-state index contributed by atoms with van der Waals surface area (Å²) in [6, 6.07) is 7.71. The van der Waals surface area contributed by atoms with Crippen LogP contribution >= 0.6 is 12.2 Å². The molecule has 140 valence electrons. The smallest absolute Gasteiger partial charge is 0.328 e. The molecule has 2 heterocycles. The highest BCUT2D eigenvalue weighted by Crippen LogP contribution is 2.18. The summed E-state index contributed by atoms with van der Waals surface area (Å²) in [5, 5.41) is 11.2. The van der Waals surface area contributed by atoms with E-state index in [1.54, 1.807) is 0 Å². The fraction of sp³-hybridized carbons (Fsp3) is 0.294. The molecule has 2 aromatic heterocycles. The zero-order valence-electron chi connectivity index (χ0n) is 14.4. The average Bonchev–Trinajstić information content (AvgIpc) is 2.98. The fourth-order valence-electron chi connectivity index (χ4n) is 2.53. The molecule has 0 aliphatic heterocycles. The van der Waals surface area contributed by atoms with Crippen LogP contribution in [0.15, 0.2) is 34.1 Å². The van der Waals surface area contributed by atoms with E-state index in [0.717, 1.165) is 11.1 Å². The van der Waals surface area contributed by atoms with Crippen LogP contribution in [0.25, 0.3) is 11.2 Å². The van der Waals surface area contributed by atoms with Gasteiger partial charge in [-0.15, -0.1) is 0 Å². The molecular weight excluding hydrogens is 368 g/mol. The van der Waals surface area contributed by atoms with Gasteiger partial charge in [0.15, 0.2) is 11.5 Å². The average molecular weight is 386 g/mol. The highest BCUT2D eigenvalue weighted by molar-refractivity contribution is 7.78. The number of nitrogen functional groups attached to an aromatic ring is 1. The maximum absolute atomic E-state index is 12.4. The predicted molar refractivity (Wildman–Crippen MR) is 104 cm³/mol. The quantitative estimate of drug-likeness (QED) is 0.300. The number of aliphatic hydroxyl groups excluding tert-OH is 1. The van der Waals surface area contributed by atoms with Crippen LogP contribution in [0.2, 0.25) is 0 Å². The zero-order valence-corrected chi connectivity index (χ0v) is 15.2. The number of aliphatic hydroxyl groups is 1. The molecule has 9 nitrogen and oxygen atoms in total. The van der Waals surface area contributed by atoms with Crippen molar-refractivity contribution in [2.24, 2.45) is 4.99 Å². The van der Waals surface area contributed by atoms with Gasteiger partial charge < -0.3 is 20.6 Å². The second-order valence-electron chi connectivity index (χ2n) is 5.76. The molecule has 0 spiro atoms. The van der Waals surface area contributed by atoms with E-state index in [0.29, 0.717) is 30.7 Å². The molecule has 4 N–H and O–H groups in total. The van der Waals surface area contributed by atoms with Gasteiger partial charge in [0.1, 0.15) is 5.52 Å². The molecule has 10 heteroatoms. The lowest BCUT2D eigenvalue weighted by Gasteiger charge is -2.07. The maximum atomic E-state index is 12.4. The molecule has 0 aliphatic rings. The SMILES string of the molecule is Nc1nc(OCCCO)nc2c1[nH]c(=O)n2Cc1ccc(CN=C=S)cc1. The molecule has 0 amide bonds. The normalized spacial score (nSPS) is 10.7. The first-order chi connectivity index (χ1) is 13.1. The van der Waals surface area contributed by atoms with Gasteiger partial charge in [0.05, 0.1) is 24.9 Å². The summed E-state index contributed by atoms with van der Waals surface area (Å²) < 4.78 is 6.86. The minimum absolute atomic E-state index is 0.00162. The van der Waals surface area contributed by atoms with Crippen molar-refractivity contribution in [3.05, 3.63) is 45.9 Å². The molecule has 0 fully saturated rings. The summed E-state index contributed by atoms with van der Waals surface area (Å²) in [5.74, 6) is 0.128. The Morgan fingerprint density at radius 3 is 2.74 bits per heavy atom. The van der Waals surface area contributed by atoms with E-state index in [1.165, 1.54) is 4.57 Å². The molecule has 3 aromatic rings. The third-order valence-corrected chi connectivity index (χ3v) is 3.98. The second kappa shape index (κ2) is 8.54. The number of rotatable bonds is 8. The van der Waals surface area contributed by atoms with E-state index in [2.05, 4.69) is 37.3 Å². The van der Waals surface area contributed by atoms with Crippen molar-refractivity contribution in [3.63, 3.8) is 0 Å². The topological polar surface area (TPSA) is 131 Å². The number of anilines is 1. The van der Waals surface area contributed by atoms with Gasteiger partial charge >= 0.3 is 11.7 Å². The van der Waals surface area contributed by atoms with Gasteiger partial charge in [-0.25, -0.2) is 9.79 Å². The minimum atomic E-state index is -0.340. The number of hydrogen-bond acceptors (Lipinski definition) is 8. The Kier molecular flexibility index (Phi) is 5.92. The summed E-state index contributed by atoms with van der Waals surface area (Å²) in [6.07, 6.45) is 0.445. The molecule has 1 aromatic carbocycles. The van der Waals surface area contributed by atoms with E-state index < -0.39 is 0 Å². The number of aromatic nitrogens is 4. The van der Waals surface area contributed by atoms with Crippen LogP contribution in [-0.2, 0) is 13.1 Å². The molecule has 0 bridgehead atoms. The van der Waals surface area contributed by atoms with Gasteiger partial charge in [0.25, 0.3) is 0 Å². The number of H-pyrrole nitrogens is 1. The Morgan fingerprint density at radius 1 is 1.30 bits per heavy atom. The number of benzene rings is 1. The van der Waals surface area contributed by atoms with Crippen molar-refractivity contribution >= 4 is 34.4 Å². The number of ether oxygens (including phenoxy) is 1. The minimum Gasteiger partial charge on any atom is -0.463 e. The number of imidazole rings is 1. The van der Waals surface area contributed by atoms with Crippen LogP contribution < -0.4 is 16.2 Å². The molecule has 0 aliphatic carbocycles. The molecule has 3 rings (SSSR count). The van der Waals surface area contributed by atoms with Crippen molar-refractivity contribution in [1.82, 2.24) is 19.5 Å². The van der Waals surface area contributed by atoms with Crippen LogP contribution in [-0.4, -0.2) is 43.0 Å². The van der Waals surface area contributed by atoms with E-state index in [-0.39, 0.29) is 30.7 Å². The Bertz CT molecular complexity index is 1040. The van der Waals surface area contributed by atoms with Crippen LogP contribution in [0.4, 0.5) is 5.82 Å². The van der Waals surface area contributed by atoms with E-state index in [4.69, 9.17) is 15.6 Å². The number of hydrogen-bond donors (Lipinski definition) is 3. The van der Waals surface area contributed by atoms with Crippen molar-refractivity contribution in [2.45, 2.75) is 19.5 Å². The van der Waals surface area contributed by atoms with Gasteiger partial charge in [-0.1, -0.05) is 24.3 Å². The number of fused-ring (bicyclic) bond motifs is 1. The Hall–Kier alpha value is -3.07. The van der Waals surface area contributed by atoms with Crippen molar-refractivity contribution in [1.29, 1.82) is 0 Å². The van der Waals surface area contributed by atoms with E-state index in [1.807, 2.05) is 24.3 Å². The lowest BCUT2D eigenvalue weighted by atomic mass is 10.1.